The quantitative estimate of drug-likeness (QED) is 0.863. The minimum atomic E-state index is -0.168. The minimum Gasteiger partial charge on any atom is -0.324 e. The first-order valence-electron chi connectivity index (χ1n) is 7.73. The number of anilines is 1. The predicted octanol–water partition coefficient (Wildman–Crippen LogP) is 1.90. The van der Waals surface area contributed by atoms with Gasteiger partial charge in [-0.25, -0.2) is 0 Å². The Morgan fingerprint density at radius 1 is 1.15 bits per heavy atom. The van der Waals surface area contributed by atoms with E-state index in [4.69, 9.17) is 0 Å². The van der Waals surface area contributed by atoms with Crippen LogP contribution in [0.25, 0.3) is 0 Å². The van der Waals surface area contributed by atoms with Crippen LogP contribution < -0.4 is 10.6 Å². The van der Waals surface area contributed by atoms with Crippen molar-refractivity contribution < 1.29 is 4.79 Å². The summed E-state index contributed by atoms with van der Waals surface area (Å²) in [5, 5.41) is 6.61. The lowest BCUT2D eigenvalue weighted by Crippen LogP contribution is -2.47. The van der Waals surface area contributed by atoms with Gasteiger partial charge in [0.15, 0.2) is 0 Å². The second-order valence-electron chi connectivity index (χ2n) is 6.17. The Kier molecular flexibility index (Phi) is 3.00. The number of benzene rings is 1. The minimum absolute atomic E-state index is 0.0976. The van der Waals surface area contributed by atoms with Crippen molar-refractivity contribution >= 4 is 11.6 Å². The van der Waals surface area contributed by atoms with Gasteiger partial charge >= 0.3 is 0 Å². The fourth-order valence-electron chi connectivity index (χ4n) is 4.03. The van der Waals surface area contributed by atoms with Gasteiger partial charge in [-0.15, -0.1) is 0 Å². The van der Waals surface area contributed by atoms with Crippen molar-refractivity contribution in [1.82, 2.24) is 10.2 Å². The summed E-state index contributed by atoms with van der Waals surface area (Å²) >= 11 is 0. The van der Waals surface area contributed by atoms with Crippen molar-refractivity contribution in [1.29, 1.82) is 0 Å². The predicted molar refractivity (Wildman–Crippen MR) is 78.6 cm³/mol. The first kappa shape index (κ1) is 12.4. The van der Waals surface area contributed by atoms with Crippen LogP contribution in [0, 0.1) is 0 Å². The summed E-state index contributed by atoms with van der Waals surface area (Å²) in [4.78, 5) is 14.8. The summed E-state index contributed by atoms with van der Waals surface area (Å²) in [5.74, 6) is 0.0976. The van der Waals surface area contributed by atoms with Gasteiger partial charge in [0.2, 0.25) is 5.91 Å². The van der Waals surface area contributed by atoms with Gasteiger partial charge in [0.1, 0.15) is 6.04 Å². The van der Waals surface area contributed by atoms with Gasteiger partial charge in [-0.1, -0.05) is 24.6 Å². The van der Waals surface area contributed by atoms with Crippen molar-refractivity contribution in [2.24, 2.45) is 0 Å². The summed E-state index contributed by atoms with van der Waals surface area (Å²) in [5.41, 5.74) is 2.07. The Morgan fingerprint density at radius 3 is 3.00 bits per heavy atom. The van der Waals surface area contributed by atoms with Gasteiger partial charge in [-0.3, -0.25) is 15.0 Å². The van der Waals surface area contributed by atoms with Crippen LogP contribution in [0.5, 0.6) is 0 Å². The zero-order valence-electron chi connectivity index (χ0n) is 11.6. The number of carbonyl (C=O) groups is 1. The highest BCUT2D eigenvalue weighted by molar-refractivity contribution is 6.02. The molecular formula is C16H21N3O. The lowest BCUT2D eigenvalue weighted by atomic mass is 9.97. The van der Waals surface area contributed by atoms with Crippen LogP contribution in [-0.2, 0) is 4.79 Å². The maximum Gasteiger partial charge on any atom is 0.246 e. The second-order valence-corrected chi connectivity index (χ2v) is 6.17. The summed E-state index contributed by atoms with van der Waals surface area (Å²) in [6.45, 7) is 2.41. The monoisotopic (exact) mass is 271 g/mol. The van der Waals surface area contributed by atoms with Gasteiger partial charge < -0.3 is 5.32 Å². The van der Waals surface area contributed by atoms with Crippen LogP contribution in [0.15, 0.2) is 24.3 Å². The molecule has 3 heterocycles. The molecule has 4 rings (SSSR count). The smallest absolute Gasteiger partial charge is 0.246 e. The molecule has 1 aromatic rings. The molecule has 20 heavy (non-hydrogen) atoms. The number of carbonyl (C=O) groups excluding carboxylic acids is 1. The molecule has 4 heteroatoms. The zero-order valence-corrected chi connectivity index (χ0v) is 11.6. The van der Waals surface area contributed by atoms with Gasteiger partial charge in [-0.05, 0) is 31.9 Å². The van der Waals surface area contributed by atoms with Crippen LogP contribution >= 0.6 is 0 Å². The summed E-state index contributed by atoms with van der Waals surface area (Å²) in [6.07, 6.45) is 5.09. The van der Waals surface area contributed by atoms with E-state index in [2.05, 4.69) is 21.6 Å². The molecule has 0 aliphatic carbocycles. The van der Waals surface area contributed by atoms with Crippen LogP contribution in [-0.4, -0.2) is 36.0 Å². The van der Waals surface area contributed by atoms with Crippen molar-refractivity contribution in [2.75, 3.05) is 18.4 Å². The number of piperidine rings is 1. The van der Waals surface area contributed by atoms with Crippen molar-refractivity contribution in [3.63, 3.8) is 0 Å². The molecule has 0 aromatic heterocycles. The number of amides is 1. The molecule has 0 radical (unpaired) electrons. The van der Waals surface area contributed by atoms with E-state index in [1.54, 1.807) is 0 Å². The van der Waals surface area contributed by atoms with Crippen molar-refractivity contribution in [3.05, 3.63) is 29.8 Å². The van der Waals surface area contributed by atoms with Gasteiger partial charge in [0.05, 0.1) is 0 Å². The maximum atomic E-state index is 12.2. The van der Waals surface area contributed by atoms with Crippen LogP contribution in [0.2, 0.25) is 0 Å². The van der Waals surface area contributed by atoms with E-state index in [0.717, 1.165) is 17.7 Å². The van der Waals surface area contributed by atoms with Crippen LogP contribution in [0.1, 0.15) is 37.3 Å². The molecule has 1 amide bonds. The topological polar surface area (TPSA) is 44.4 Å². The number of para-hydroxylation sites is 1. The average molecular weight is 271 g/mol. The summed E-state index contributed by atoms with van der Waals surface area (Å²) < 4.78 is 0. The Hall–Kier alpha value is -1.39. The molecule has 2 fully saturated rings. The molecule has 3 aliphatic heterocycles. The molecular weight excluding hydrogens is 250 g/mol. The maximum absolute atomic E-state index is 12.2. The zero-order chi connectivity index (χ0) is 13.5. The number of nitrogens with one attached hydrogen (secondary N) is 2. The van der Waals surface area contributed by atoms with E-state index in [1.165, 1.54) is 32.4 Å². The standard InChI is InChI=1S/C16H21N3O/c20-16-15(11-5-1-2-6-12(11)18-16)17-13-8-10-19-9-4-3-7-14(13)19/h1-2,5-6,13-15,17H,3-4,7-10H2,(H,18,20). The Morgan fingerprint density at radius 2 is 2.05 bits per heavy atom. The van der Waals surface area contributed by atoms with E-state index in [1.807, 2.05) is 18.2 Å². The van der Waals surface area contributed by atoms with Crippen molar-refractivity contribution in [3.8, 4) is 0 Å². The molecule has 2 saturated heterocycles. The van der Waals surface area contributed by atoms with Crippen molar-refractivity contribution in [2.45, 2.75) is 43.8 Å². The molecule has 2 N–H and O–H groups in total. The highest BCUT2D eigenvalue weighted by atomic mass is 16.2. The molecule has 4 nitrogen and oxygen atoms in total. The average Bonchev–Trinajstić information content (AvgIpc) is 3.02. The van der Waals surface area contributed by atoms with Gasteiger partial charge in [0, 0.05) is 29.9 Å². The molecule has 0 bridgehead atoms. The largest absolute Gasteiger partial charge is 0.324 e. The van der Waals surface area contributed by atoms with E-state index >= 15 is 0 Å². The Balaban J connectivity index is 1.53. The van der Waals surface area contributed by atoms with Crippen LogP contribution in [0.3, 0.4) is 0 Å². The lowest BCUT2D eigenvalue weighted by Gasteiger charge is -2.33. The summed E-state index contributed by atoms with van der Waals surface area (Å²) in [6, 6.07) is 8.93. The molecule has 0 saturated carbocycles. The van der Waals surface area contributed by atoms with E-state index < -0.39 is 0 Å². The van der Waals surface area contributed by atoms with E-state index in [0.29, 0.717) is 12.1 Å². The van der Waals surface area contributed by atoms with E-state index in [9.17, 15) is 4.79 Å². The number of hydrogen-bond acceptors (Lipinski definition) is 3. The molecule has 1 aromatic carbocycles. The SMILES string of the molecule is O=C1Nc2ccccc2C1NC1CCN2CCCCC12. The first-order chi connectivity index (χ1) is 9.83. The normalized spacial score (nSPS) is 32.8. The lowest BCUT2D eigenvalue weighted by molar-refractivity contribution is -0.117. The third kappa shape index (κ3) is 1.95. The Labute approximate surface area is 119 Å². The fourth-order valence-corrected chi connectivity index (χ4v) is 4.03. The molecule has 3 unspecified atom stereocenters. The number of fused-ring (bicyclic) bond motifs is 2. The molecule has 0 spiro atoms. The Bertz CT molecular complexity index is 530. The third-order valence-electron chi connectivity index (χ3n) is 5.03. The second kappa shape index (κ2) is 4.86. The highest BCUT2D eigenvalue weighted by Crippen LogP contribution is 2.33. The summed E-state index contributed by atoms with van der Waals surface area (Å²) in [7, 11) is 0. The third-order valence-corrected chi connectivity index (χ3v) is 5.03. The van der Waals surface area contributed by atoms with Crippen LogP contribution in [0.4, 0.5) is 5.69 Å². The number of rotatable bonds is 2. The first-order valence-corrected chi connectivity index (χ1v) is 7.73. The number of hydrogen-bond donors (Lipinski definition) is 2. The van der Waals surface area contributed by atoms with Gasteiger partial charge in [-0.2, -0.15) is 0 Å². The van der Waals surface area contributed by atoms with E-state index in [-0.39, 0.29) is 11.9 Å². The molecule has 106 valence electrons. The fraction of sp³-hybridized carbons (Fsp3) is 0.562. The highest BCUT2D eigenvalue weighted by Gasteiger charge is 2.39. The van der Waals surface area contributed by atoms with Gasteiger partial charge in [0.25, 0.3) is 0 Å². The molecule has 3 aliphatic rings. The number of nitrogens with zero attached hydrogens (tertiary/aromatic N) is 1. The molecule has 3 atom stereocenters.